The van der Waals surface area contributed by atoms with Crippen molar-refractivity contribution in [1.82, 2.24) is 9.80 Å². The Morgan fingerprint density at radius 2 is 1.37 bits per heavy atom. The van der Waals surface area contributed by atoms with Crippen LogP contribution in [-0.2, 0) is 22.0 Å². The van der Waals surface area contributed by atoms with Crippen LogP contribution in [0.5, 0.6) is 0 Å². The van der Waals surface area contributed by atoms with Gasteiger partial charge in [-0.15, -0.1) is 0 Å². The van der Waals surface area contributed by atoms with Crippen molar-refractivity contribution in [1.29, 1.82) is 0 Å². The average Bonchev–Trinajstić information content (AvgIpc) is 3.25. The van der Waals surface area contributed by atoms with Gasteiger partial charge in [-0.2, -0.15) is 0 Å². The number of fused-ring (bicyclic) bond motifs is 4. The molecule has 35 heavy (non-hydrogen) atoms. The smallest absolute Gasteiger partial charge is 0.151 e. The molecule has 0 heterocycles. The fourth-order valence-electron chi connectivity index (χ4n) is 6.39. The van der Waals surface area contributed by atoms with E-state index >= 15 is 0 Å². The van der Waals surface area contributed by atoms with Crippen LogP contribution in [0.3, 0.4) is 0 Å². The van der Waals surface area contributed by atoms with E-state index in [-0.39, 0.29) is 5.41 Å². The highest BCUT2D eigenvalue weighted by molar-refractivity contribution is 5.99. The minimum atomic E-state index is -0.592. The third kappa shape index (κ3) is 3.77. The number of aryl methyl sites for hydroxylation is 1. The molecular weight excluding hydrogens is 428 g/mol. The maximum absolute atomic E-state index is 13.5. The van der Waals surface area contributed by atoms with Crippen LogP contribution in [0.25, 0.3) is 11.1 Å². The van der Waals surface area contributed by atoms with Crippen LogP contribution in [-0.4, -0.2) is 56.9 Å². The number of hydrogen-bond acceptors (Lipinski definition) is 3. The van der Waals surface area contributed by atoms with Crippen molar-refractivity contribution in [3.05, 3.63) is 94.0 Å². The Morgan fingerprint density at radius 3 is 2.03 bits per heavy atom. The van der Waals surface area contributed by atoms with Crippen LogP contribution in [0.4, 0.5) is 0 Å². The molecule has 0 N–H and O–H groups in total. The van der Waals surface area contributed by atoms with Crippen molar-refractivity contribution >= 4 is 5.78 Å². The zero-order valence-electron chi connectivity index (χ0n) is 22.1. The van der Waals surface area contributed by atoms with Gasteiger partial charge in [0.25, 0.3) is 0 Å². The summed E-state index contributed by atoms with van der Waals surface area (Å²) in [5.41, 5.74) is 9.67. The van der Waals surface area contributed by atoms with Crippen LogP contribution in [0, 0.1) is 6.92 Å². The van der Waals surface area contributed by atoms with E-state index in [1.165, 1.54) is 38.9 Å². The molecule has 3 heteroatoms. The van der Waals surface area contributed by atoms with Crippen molar-refractivity contribution in [3.63, 3.8) is 0 Å². The summed E-state index contributed by atoms with van der Waals surface area (Å²) in [6.45, 7) is 6.37. The topological polar surface area (TPSA) is 23.6 Å². The Labute approximate surface area is 210 Å². The number of carbonyl (C=O) groups excluding carboxylic acids is 1. The van der Waals surface area contributed by atoms with Crippen LogP contribution in [0.15, 0.2) is 60.7 Å². The average molecular weight is 467 g/mol. The summed E-state index contributed by atoms with van der Waals surface area (Å²) in [5, 5.41) is 0. The highest BCUT2D eigenvalue weighted by Gasteiger charge is 2.47. The minimum absolute atomic E-state index is 0.0707. The van der Waals surface area contributed by atoms with Crippen molar-refractivity contribution in [2.45, 2.75) is 43.9 Å². The van der Waals surface area contributed by atoms with Gasteiger partial charge in [0.1, 0.15) is 0 Å². The molecule has 0 saturated carbocycles. The fraction of sp³-hybridized carbons (Fsp3) is 0.406. The third-order valence-corrected chi connectivity index (χ3v) is 8.53. The largest absolute Gasteiger partial charge is 0.309 e. The molecule has 3 aromatic rings. The summed E-state index contributed by atoms with van der Waals surface area (Å²) >= 11 is 0. The molecule has 0 radical (unpaired) electrons. The standard InChI is InChI=1S/C32H38N2O/c1-22-11-13-25-26-14-12-24(31(2)27-10-8-7-9-23(27)20-30(31)35)21-29(26)32(28(25)19-22,15-17-33(3)4)16-18-34(5)6/h7-14,19,21H,15-18,20H2,1-6H3. The first-order chi connectivity index (χ1) is 16.7. The number of benzene rings is 3. The Kier molecular flexibility index (Phi) is 5.97. The summed E-state index contributed by atoms with van der Waals surface area (Å²) in [4.78, 5) is 18.1. The molecular formula is C32H38N2O. The number of hydrogen-bond donors (Lipinski definition) is 0. The van der Waals surface area contributed by atoms with Gasteiger partial charge in [-0.1, -0.05) is 66.2 Å². The molecule has 2 aliphatic carbocycles. The zero-order valence-corrected chi connectivity index (χ0v) is 22.1. The lowest BCUT2D eigenvalue weighted by molar-refractivity contribution is -0.121. The van der Waals surface area contributed by atoms with E-state index in [1.807, 2.05) is 6.07 Å². The van der Waals surface area contributed by atoms with E-state index in [0.29, 0.717) is 12.2 Å². The van der Waals surface area contributed by atoms with Crippen molar-refractivity contribution < 1.29 is 4.79 Å². The second kappa shape index (κ2) is 8.72. The number of ketones is 1. The minimum Gasteiger partial charge on any atom is -0.309 e. The summed E-state index contributed by atoms with van der Waals surface area (Å²) in [7, 11) is 8.66. The Bertz CT molecular complexity index is 1280. The summed E-state index contributed by atoms with van der Waals surface area (Å²) < 4.78 is 0. The molecule has 182 valence electrons. The van der Waals surface area contributed by atoms with E-state index in [0.717, 1.165) is 31.5 Å². The normalized spacial score (nSPS) is 19.8. The first-order valence-corrected chi connectivity index (χ1v) is 12.8. The first-order valence-electron chi connectivity index (χ1n) is 12.8. The highest BCUT2D eigenvalue weighted by atomic mass is 16.1. The predicted octanol–water partition coefficient (Wildman–Crippen LogP) is 5.60. The number of rotatable bonds is 7. The van der Waals surface area contributed by atoms with Gasteiger partial charge in [-0.05, 0) is 107 Å². The molecule has 3 aromatic carbocycles. The fourth-order valence-corrected chi connectivity index (χ4v) is 6.39. The van der Waals surface area contributed by atoms with E-state index in [1.54, 1.807) is 0 Å². The molecule has 0 bridgehead atoms. The summed E-state index contributed by atoms with van der Waals surface area (Å²) in [6, 6.07) is 22.3. The monoisotopic (exact) mass is 466 g/mol. The van der Waals surface area contributed by atoms with Gasteiger partial charge in [-0.3, -0.25) is 4.79 Å². The highest BCUT2D eigenvalue weighted by Crippen LogP contribution is 2.54. The van der Waals surface area contributed by atoms with Gasteiger partial charge in [0, 0.05) is 11.8 Å². The van der Waals surface area contributed by atoms with Crippen molar-refractivity contribution in [2.75, 3.05) is 41.3 Å². The quantitative estimate of drug-likeness (QED) is 0.453. The molecule has 5 rings (SSSR count). The number of carbonyl (C=O) groups is 1. The van der Waals surface area contributed by atoms with Gasteiger partial charge in [-0.25, -0.2) is 0 Å². The lowest BCUT2D eigenvalue weighted by Gasteiger charge is -2.36. The lowest BCUT2D eigenvalue weighted by Crippen LogP contribution is -2.35. The third-order valence-electron chi connectivity index (χ3n) is 8.53. The van der Waals surface area contributed by atoms with Crippen LogP contribution >= 0.6 is 0 Å². The van der Waals surface area contributed by atoms with Gasteiger partial charge in [0.2, 0.25) is 0 Å². The lowest BCUT2D eigenvalue weighted by atomic mass is 9.70. The Morgan fingerprint density at radius 1 is 0.771 bits per heavy atom. The van der Waals surface area contributed by atoms with Crippen LogP contribution < -0.4 is 0 Å². The second-order valence-electron chi connectivity index (χ2n) is 11.4. The predicted molar refractivity (Wildman–Crippen MR) is 145 cm³/mol. The molecule has 3 nitrogen and oxygen atoms in total. The SMILES string of the molecule is Cc1ccc2c(c1)C(CCN(C)C)(CCN(C)C)c1cc(C3(C)C(=O)Cc4ccccc43)ccc1-2. The van der Waals surface area contributed by atoms with E-state index < -0.39 is 5.41 Å². The number of Topliss-reactive ketones (excluding diaryl/α,β-unsaturated/α-hetero) is 1. The Hall–Kier alpha value is -2.75. The van der Waals surface area contributed by atoms with Gasteiger partial charge >= 0.3 is 0 Å². The van der Waals surface area contributed by atoms with Crippen molar-refractivity contribution in [3.8, 4) is 11.1 Å². The van der Waals surface area contributed by atoms with E-state index in [4.69, 9.17) is 0 Å². The van der Waals surface area contributed by atoms with Gasteiger partial charge in [0.15, 0.2) is 5.78 Å². The molecule has 2 aliphatic rings. The first kappa shape index (κ1) is 24.0. The van der Waals surface area contributed by atoms with Crippen LogP contribution in [0.1, 0.15) is 53.1 Å². The number of nitrogens with zero attached hydrogens (tertiary/aromatic N) is 2. The maximum atomic E-state index is 13.5. The molecule has 1 atom stereocenters. The van der Waals surface area contributed by atoms with Crippen LogP contribution in [0.2, 0.25) is 0 Å². The maximum Gasteiger partial charge on any atom is 0.151 e. The second-order valence-corrected chi connectivity index (χ2v) is 11.4. The van der Waals surface area contributed by atoms with E-state index in [9.17, 15) is 4.79 Å². The summed E-state index contributed by atoms with van der Waals surface area (Å²) in [5.74, 6) is 0.303. The van der Waals surface area contributed by atoms with Crippen molar-refractivity contribution in [2.24, 2.45) is 0 Å². The molecule has 0 aromatic heterocycles. The molecule has 0 spiro atoms. The van der Waals surface area contributed by atoms with Gasteiger partial charge < -0.3 is 9.80 Å². The van der Waals surface area contributed by atoms with Gasteiger partial charge in [0.05, 0.1) is 5.41 Å². The molecule has 0 aliphatic heterocycles. The molecule has 1 unspecified atom stereocenters. The molecule has 0 saturated heterocycles. The molecule has 0 amide bonds. The van der Waals surface area contributed by atoms with E-state index in [2.05, 4.69) is 106 Å². The Balaban J connectivity index is 1.72. The zero-order chi connectivity index (χ0) is 25.0. The molecule has 0 fully saturated rings. The summed E-state index contributed by atoms with van der Waals surface area (Å²) in [6.07, 6.45) is 2.64.